The van der Waals surface area contributed by atoms with E-state index in [-0.39, 0.29) is 23.9 Å². The third kappa shape index (κ3) is 1.50. The maximum Gasteiger partial charge on any atom is 0.334 e. The Morgan fingerprint density at radius 2 is 2.21 bits per heavy atom. The molecule has 2 aliphatic carbocycles. The van der Waals surface area contributed by atoms with Gasteiger partial charge in [-0.2, -0.15) is 0 Å². The largest absolute Gasteiger partial charge is 0.458 e. The monoisotopic (exact) mass is 262 g/mol. The van der Waals surface area contributed by atoms with Crippen LogP contribution in [0, 0.1) is 11.8 Å². The number of fused-ring (bicyclic) bond motifs is 3. The minimum atomic E-state index is -0.783. The molecule has 0 bridgehead atoms. The van der Waals surface area contributed by atoms with Crippen molar-refractivity contribution in [2.45, 2.75) is 38.4 Å². The molecule has 1 heterocycles. The maximum atomic E-state index is 11.8. The van der Waals surface area contributed by atoms with Crippen molar-refractivity contribution in [3.8, 4) is 0 Å². The van der Waals surface area contributed by atoms with Crippen molar-refractivity contribution in [3.05, 3.63) is 35.5 Å². The highest BCUT2D eigenvalue weighted by molar-refractivity contribution is 5.91. The molecular weight excluding hydrogens is 244 g/mol. The number of rotatable bonds is 1. The van der Waals surface area contributed by atoms with Crippen LogP contribution in [0.2, 0.25) is 0 Å². The first-order valence-electron chi connectivity index (χ1n) is 6.57. The molecule has 0 aromatic rings. The summed E-state index contributed by atoms with van der Waals surface area (Å²) >= 11 is 0. The summed E-state index contributed by atoms with van der Waals surface area (Å²) in [6, 6.07) is 0. The van der Waals surface area contributed by atoms with Crippen LogP contribution < -0.4 is 0 Å². The van der Waals surface area contributed by atoms with Crippen LogP contribution in [0.3, 0.4) is 0 Å². The number of esters is 1. The van der Waals surface area contributed by atoms with Crippen LogP contribution in [0.4, 0.5) is 0 Å². The van der Waals surface area contributed by atoms with Crippen molar-refractivity contribution < 1.29 is 19.7 Å². The standard InChI is InChI=1S/C15H18O4/c1-8-6-7-15(19-17)9(2)4-5-11-10(3)14(16)18-13(11)12(8)15/h4,6,11-13,17H,3,5,7H2,1-2H3. The molecule has 1 fully saturated rings. The Morgan fingerprint density at radius 1 is 1.47 bits per heavy atom. The van der Waals surface area contributed by atoms with Gasteiger partial charge in [-0.3, -0.25) is 5.26 Å². The Kier molecular flexibility index (Phi) is 2.69. The molecule has 0 saturated carbocycles. The van der Waals surface area contributed by atoms with Crippen LogP contribution in [-0.4, -0.2) is 22.9 Å². The highest BCUT2D eigenvalue weighted by Gasteiger charge is 2.57. The minimum Gasteiger partial charge on any atom is -0.458 e. The van der Waals surface area contributed by atoms with E-state index < -0.39 is 5.60 Å². The van der Waals surface area contributed by atoms with Crippen molar-refractivity contribution >= 4 is 5.97 Å². The number of hydrogen-bond donors (Lipinski definition) is 1. The van der Waals surface area contributed by atoms with Gasteiger partial charge in [0.2, 0.25) is 0 Å². The van der Waals surface area contributed by atoms with E-state index in [2.05, 4.69) is 12.7 Å². The lowest BCUT2D eigenvalue weighted by Crippen LogP contribution is -2.45. The first-order chi connectivity index (χ1) is 9.01. The van der Waals surface area contributed by atoms with Crippen LogP contribution in [0.5, 0.6) is 0 Å². The lowest BCUT2D eigenvalue weighted by Gasteiger charge is -2.36. The van der Waals surface area contributed by atoms with Gasteiger partial charge in [-0.05, 0) is 25.8 Å². The SMILES string of the molecule is C=C1C(=O)OC2C1CC=C(C)C1(OO)CC=C(C)C21. The Hall–Kier alpha value is -1.39. The van der Waals surface area contributed by atoms with Crippen LogP contribution in [0.1, 0.15) is 26.7 Å². The normalized spacial score (nSPS) is 41.1. The van der Waals surface area contributed by atoms with Gasteiger partial charge in [0.25, 0.3) is 0 Å². The molecule has 0 aromatic heterocycles. The van der Waals surface area contributed by atoms with E-state index in [0.717, 1.165) is 11.1 Å². The highest BCUT2D eigenvalue weighted by Crippen LogP contribution is 2.52. The van der Waals surface area contributed by atoms with Gasteiger partial charge in [-0.15, -0.1) is 0 Å². The quantitative estimate of drug-likeness (QED) is 0.259. The Morgan fingerprint density at radius 3 is 2.89 bits per heavy atom. The van der Waals surface area contributed by atoms with Gasteiger partial charge < -0.3 is 4.74 Å². The second-order valence-electron chi connectivity index (χ2n) is 5.74. The van der Waals surface area contributed by atoms with Crippen LogP contribution in [0.15, 0.2) is 35.5 Å². The van der Waals surface area contributed by atoms with Crippen molar-refractivity contribution in [2.24, 2.45) is 11.8 Å². The molecule has 0 amide bonds. The van der Waals surface area contributed by atoms with Gasteiger partial charge in [-0.1, -0.05) is 24.3 Å². The number of carbonyl (C=O) groups excluding carboxylic acids is 1. The van der Waals surface area contributed by atoms with Crippen LogP contribution >= 0.6 is 0 Å². The number of allylic oxidation sites excluding steroid dienone is 1. The van der Waals surface area contributed by atoms with E-state index in [9.17, 15) is 10.1 Å². The van der Waals surface area contributed by atoms with Gasteiger partial charge in [0.15, 0.2) is 0 Å². The molecule has 1 saturated heterocycles. The summed E-state index contributed by atoms with van der Waals surface area (Å²) in [5.41, 5.74) is 1.84. The molecule has 3 rings (SSSR count). The van der Waals surface area contributed by atoms with Crippen molar-refractivity contribution in [1.29, 1.82) is 0 Å². The Bertz CT molecular complexity index is 516. The maximum absolute atomic E-state index is 11.8. The summed E-state index contributed by atoms with van der Waals surface area (Å²) < 4.78 is 5.51. The number of ether oxygens (including phenoxy) is 1. The predicted molar refractivity (Wildman–Crippen MR) is 69.2 cm³/mol. The van der Waals surface area contributed by atoms with E-state index in [1.54, 1.807) is 0 Å². The highest BCUT2D eigenvalue weighted by atomic mass is 17.1. The Labute approximate surface area is 112 Å². The molecule has 1 N–H and O–H groups in total. The fraction of sp³-hybridized carbons (Fsp3) is 0.533. The van der Waals surface area contributed by atoms with E-state index >= 15 is 0 Å². The smallest absolute Gasteiger partial charge is 0.334 e. The van der Waals surface area contributed by atoms with Gasteiger partial charge in [0.1, 0.15) is 11.7 Å². The third-order valence-electron chi connectivity index (χ3n) is 4.91. The molecule has 3 aliphatic rings. The average Bonchev–Trinajstić information content (AvgIpc) is 2.82. The topological polar surface area (TPSA) is 55.8 Å². The van der Waals surface area contributed by atoms with Gasteiger partial charge >= 0.3 is 5.97 Å². The lowest BCUT2D eigenvalue weighted by atomic mass is 9.76. The molecule has 4 atom stereocenters. The molecular formula is C15H18O4. The van der Waals surface area contributed by atoms with E-state index in [1.165, 1.54) is 0 Å². The van der Waals surface area contributed by atoms with E-state index in [1.807, 2.05) is 19.9 Å². The summed E-state index contributed by atoms with van der Waals surface area (Å²) in [5, 5.41) is 9.48. The predicted octanol–water partition coefficient (Wildman–Crippen LogP) is 2.63. The summed E-state index contributed by atoms with van der Waals surface area (Å²) in [4.78, 5) is 16.7. The molecule has 19 heavy (non-hydrogen) atoms. The number of carbonyl (C=O) groups is 1. The summed E-state index contributed by atoms with van der Waals surface area (Å²) in [7, 11) is 0. The zero-order valence-electron chi connectivity index (χ0n) is 11.2. The zero-order chi connectivity index (χ0) is 13.8. The summed E-state index contributed by atoms with van der Waals surface area (Å²) in [6.45, 7) is 7.80. The molecule has 4 unspecified atom stereocenters. The second-order valence-corrected chi connectivity index (χ2v) is 5.74. The van der Waals surface area contributed by atoms with Gasteiger partial charge in [0.05, 0.1) is 5.92 Å². The number of hydrogen-bond acceptors (Lipinski definition) is 4. The summed E-state index contributed by atoms with van der Waals surface area (Å²) in [6.07, 6.45) is 5.11. The minimum absolute atomic E-state index is 0.0223. The van der Waals surface area contributed by atoms with Gasteiger partial charge in [-0.25, -0.2) is 9.68 Å². The molecule has 0 aromatic carbocycles. The van der Waals surface area contributed by atoms with Gasteiger partial charge in [0, 0.05) is 17.9 Å². The third-order valence-corrected chi connectivity index (χ3v) is 4.91. The van der Waals surface area contributed by atoms with Crippen molar-refractivity contribution in [2.75, 3.05) is 0 Å². The lowest BCUT2D eigenvalue weighted by molar-refractivity contribution is -0.323. The second kappa shape index (κ2) is 4.05. The molecule has 4 heteroatoms. The first kappa shape index (κ1) is 12.6. The van der Waals surface area contributed by atoms with E-state index in [0.29, 0.717) is 18.4 Å². The molecule has 4 nitrogen and oxygen atoms in total. The van der Waals surface area contributed by atoms with Crippen molar-refractivity contribution in [1.82, 2.24) is 0 Å². The molecule has 102 valence electrons. The molecule has 0 radical (unpaired) electrons. The van der Waals surface area contributed by atoms with Crippen LogP contribution in [-0.2, 0) is 14.4 Å². The van der Waals surface area contributed by atoms with E-state index in [4.69, 9.17) is 9.62 Å². The first-order valence-corrected chi connectivity index (χ1v) is 6.57. The Balaban J connectivity index is 2.11. The fourth-order valence-electron chi connectivity index (χ4n) is 3.72. The fourth-order valence-corrected chi connectivity index (χ4v) is 3.72. The van der Waals surface area contributed by atoms with Crippen molar-refractivity contribution in [3.63, 3.8) is 0 Å². The average molecular weight is 262 g/mol. The molecule has 1 aliphatic heterocycles. The summed E-state index contributed by atoms with van der Waals surface area (Å²) in [5.74, 6) is -0.482. The zero-order valence-corrected chi connectivity index (χ0v) is 11.2. The molecule has 0 spiro atoms. The van der Waals surface area contributed by atoms with Crippen LogP contribution in [0.25, 0.3) is 0 Å².